The van der Waals surface area contributed by atoms with Crippen molar-refractivity contribution in [3.8, 4) is 0 Å². The lowest BCUT2D eigenvalue weighted by Crippen LogP contribution is -2.32. The van der Waals surface area contributed by atoms with E-state index in [-0.39, 0.29) is 10.8 Å². The highest BCUT2D eigenvalue weighted by Crippen LogP contribution is 2.31. The number of rotatable bonds is 4. The predicted octanol–water partition coefficient (Wildman–Crippen LogP) is 1.69. The third-order valence-electron chi connectivity index (χ3n) is 4.62. The van der Waals surface area contributed by atoms with E-state index in [1.165, 1.54) is 24.8 Å². The van der Waals surface area contributed by atoms with Gasteiger partial charge in [-0.3, -0.25) is 14.2 Å². The minimum atomic E-state index is -3.75. The number of hydrogen-bond donors (Lipinski definition) is 2. The van der Waals surface area contributed by atoms with Gasteiger partial charge in [-0.25, -0.2) is 8.42 Å². The van der Waals surface area contributed by atoms with E-state index in [0.717, 1.165) is 18.4 Å². The molecule has 4 rings (SSSR count). The Morgan fingerprint density at radius 2 is 2.12 bits per heavy atom. The normalized spacial score (nSPS) is 17.8. The quantitative estimate of drug-likeness (QED) is 0.881. The lowest BCUT2D eigenvalue weighted by Gasteiger charge is -2.25. The van der Waals surface area contributed by atoms with Gasteiger partial charge in [-0.05, 0) is 43.4 Å². The second-order valence-corrected chi connectivity index (χ2v) is 7.91. The van der Waals surface area contributed by atoms with Crippen molar-refractivity contribution in [3.63, 3.8) is 0 Å². The van der Waals surface area contributed by atoms with Crippen molar-refractivity contribution in [1.82, 2.24) is 15.1 Å². The van der Waals surface area contributed by atoms with E-state index in [0.29, 0.717) is 30.3 Å². The monoisotopic (exact) mass is 346 g/mol. The summed E-state index contributed by atoms with van der Waals surface area (Å²) in [6.07, 6.45) is 7.28. The number of nitrogens with one attached hydrogen (secondary N) is 2. The van der Waals surface area contributed by atoms with Crippen LogP contribution in [0.2, 0.25) is 0 Å². The molecular weight excluding hydrogens is 328 g/mol. The summed E-state index contributed by atoms with van der Waals surface area (Å²) < 4.78 is 29.5. The predicted molar refractivity (Wildman–Crippen MR) is 88.4 cm³/mol. The van der Waals surface area contributed by atoms with Crippen LogP contribution in [-0.4, -0.2) is 30.7 Å². The number of aromatic nitrogens is 2. The van der Waals surface area contributed by atoms with E-state index < -0.39 is 10.0 Å². The van der Waals surface area contributed by atoms with Crippen LogP contribution in [0.1, 0.15) is 41.2 Å². The summed E-state index contributed by atoms with van der Waals surface area (Å²) in [4.78, 5) is 12.0. The van der Waals surface area contributed by atoms with Gasteiger partial charge in [-0.2, -0.15) is 5.10 Å². The molecule has 2 N–H and O–H groups in total. The van der Waals surface area contributed by atoms with Crippen molar-refractivity contribution >= 4 is 21.6 Å². The van der Waals surface area contributed by atoms with E-state index in [4.69, 9.17) is 0 Å². The van der Waals surface area contributed by atoms with Crippen LogP contribution >= 0.6 is 0 Å². The molecule has 0 spiro atoms. The van der Waals surface area contributed by atoms with Gasteiger partial charge < -0.3 is 5.32 Å². The van der Waals surface area contributed by atoms with E-state index in [2.05, 4.69) is 15.1 Å². The van der Waals surface area contributed by atoms with Crippen LogP contribution in [0.25, 0.3) is 0 Å². The molecule has 1 fully saturated rings. The van der Waals surface area contributed by atoms with Gasteiger partial charge >= 0.3 is 0 Å². The topological polar surface area (TPSA) is 93.1 Å². The van der Waals surface area contributed by atoms with Crippen molar-refractivity contribution in [2.75, 3.05) is 11.3 Å². The van der Waals surface area contributed by atoms with E-state index in [1.807, 2.05) is 4.68 Å². The van der Waals surface area contributed by atoms with Crippen LogP contribution in [0.5, 0.6) is 0 Å². The van der Waals surface area contributed by atoms with Crippen molar-refractivity contribution in [2.45, 2.75) is 36.6 Å². The Labute approximate surface area is 140 Å². The summed E-state index contributed by atoms with van der Waals surface area (Å²) in [6, 6.07) is 5.05. The molecule has 0 saturated heterocycles. The fraction of sp³-hybridized carbons (Fsp3) is 0.375. The van der Waals surface area contributed by atoms with Crippen molar-refractivity contribution in [3.05, 3.63) is 41.7 Å². The lowest BCUT2D eigenvalue weighted by molar-refractivity contribution is 0.0945. The average Bonchev–Trinajstić information content (AvgIpc) is 2.92. The molecule has 126 valence electrons. The molecule has 1 aromatic carbocycles. The first-order valence-corrected chi connectivity index (χ1v) is 9.49. The van der Waals surface area contributed by atoms with Gasteiger partial charge in [0.2, 0.25) is 0 Å². The van der Waals surface area contributed by atoms with Crippen LogP contribution in [0.4, 0.5) is 5.69 Å². The number of sulfonamides is 1. The van der Waals surface area contributed by atoms with Crippen LogP contribution in [-0.2, 0) is 16.4 Å². The Balaban J connectivity index is 1.59. The molecule has 24 heavy (non-hydrogen) atoms. The molecule has 0 bridgehead atoms. The number of carbonyl (C=O) groups is 1. The molecule has 0 unspecified atom stereocenters. The summed E-state index contributed by atoms with van der Waals surface area (Å²) in [6.45, 7) is 0.580. The number of benzene rings is 1. The van der Waals surface area contributed by atoms with Crippen LogP contribution < -0.4 is 10.0 Å². The summed E-state index contributed by atoms with van der Waals surface area (Å²) in [7, 11) is -3.75. The van der Waals surface area contributed by atoms with Crippen LogP contribution in [0.3, 0.4) is 0 Å². The SMILES string of the molecule is O=C1NCCc2ccc(S(=O)(=O)Nc3cnn(C4CCC4)c3)cc21. The van der Waals surface area contributed by atoms with Gasteiger partial charge in [0.15, 0.2) is 0 Å². The first-order chi connectivity index (χ1) is 11.5. The molecule has 7 nitrogen and oxygen atoms in total. The first kappa shape index (κ1) is 15.2. The molecule has 1 saturated carbocycles. The third-order valence-corrected chi connectivity index (χ3v) is 6.00. The summed E-state index contributed by atoms with van der Waals surface area (Å²) in [5.74, 6) is -0.230. The number of carbonyl (C=O) groups excluding carboxylic acids is 1. The number of amides is 1. The smallest absolute Gasteiger partial charge is 0.262 e. The van der Waals surface area contributed by atoms with Gasteiger partial charge in [0.1, 0.15) is 0 Å². The van der Waals surface area contributed by atoms with Gasteiger partial charge in [0, 0.05) is 18.3 Å². The molecule has 2 heterocycles. The maximum Gasteiger partial charge on any atom is 0.262 e. The Morgan fingerprint density at radius 1 is 1.29 bits per heavy atom. The molecule has 0 radical (unpaired) electrons. The number of anilines is 1. The van der Waals surface area contributed by atoms with Crippen LogP contribution in [0.15, 0.2) is 35.5 Å². The maximum atomic E-state index is 12.6. The minimum absolute atomic E-state index is 0.0784. The highest BCUT2D eigenvalue weighted by Gasteiger charge is 2.23. The Hall–Kier alpha value is -2.35. The Morgan fingerprint density at radius 3 is 2.88 bits per heavy atom. The number of hydrogen-bond acceptors (Lipinski definition) is 4. The zero-order chi connectivity index (χ0) is 16.7. The second kappa shape index (κ2) is 5.62. The van der Waals surface area contributed by atoms with Gasteiger partial charge in [-0.1, -0.05) is 6.07 Å². The zero-order valence-corrected chi connectivity index (χ0v) is 13.8. The molecule has 8 heteroatoms. The van der Waals surface area contributed by atoms with E-state index in [9.17, 15) is 13.2 Å². The fourth-order valence-corrected chi connectivity index (χ4v) is 4.07. The lowest BCUT2D eigenvalue weighted by atomic mass is 9.93. The Kier molecular flexibility index (Phi) is 3.56. The van der Waals surface area contributed by atoms with Gasteiger partial charge in [0.25, 0.3) is 15.9 Å². The zero-order valence-electron chi connectivity index (χ0n) is 13.0. The first-order valence-electron chi connectivity index (χ1n) is 8.01. The standard InChI is InChI=1S/C16H18N4O3S/c21-16-15-8-14(5-4-11(15)6-7-17-16)24(22,23)19-12-9-18-20(10-12)13-2-1-3-13/h4-5,8-10,13,19H,1-3,6-7H2,(H,17,21). The molecule has 1 aliphatic heterocycles. The molecule has 1 aliphatic carbocycles. The van der Waals surface area contributed by atoms with Crippen LogP contribution in [0, 0.1) is 0 Å². The largest absolute Gasteiger partial charge is 0.352 e. The highest BCUT2D eigenvalue weighted by molar-refractivity contribution is 7.92. The fourth-order valence-electron chi connectivity index (χ4n) is 3.01. The number of nitrogens with zero attached hydrogens (tertiary/aromatic N) is 2. The van der Waals surface area contributed by atoms with E-state index in [1.54, 1.807) is 12.3 Å². The van der Waals surface area contributed by atoms with Crippen molar-refractivity contribution in [2.24, 2.45) is 0 Å². The van der Waals surface area contributed by atoms with Crippen molar-refractivity contribution in [1.29, 1.82) is 0 Å². The summed E-state index contributed by atoms with van der Waals surface area (Å²) in [5.41, 5.74) is 1.73. The highest BCUT2D eigenvalue weighted by atomic mass is 32.2. The van der Waals surface area contributed by atoms with Crippen molar-refractivity contribution < 1.29 is 13.2 Å². The van der Waals surface area contributed by atoms with E-state index >= 15 is 0 Å². The molecule has 1 aromatic heterocycles. The molecule has 2 aromatic rings. The molecule has 1 amide bonds. The molecule has 0 atom stereocenters. The summed E-state index contributed by atoms with van der Waals surface area (Å²) >= 11 is 0. The maximum absolute atomic E-state index is 12.6. The molecular formula is C16H18N4O3S. The Bertz CT molecular complexity index is 900. The minimum Gasteiger partial charge on any atom is -0.352 e. The van der Waals surface area contributed by atoms with Gasteiger partial charge in [0.05, 0.1) is 22.8 Å². The number of fused-ring (bicyclic) bond motifs is 1. The molecule has 2 aliphatic rings. The van der Waals surface area contributed by atoms with Gasteiger partial charge in [-0.15, -0.1) is 0 Å². The second-order valence-electron chi connectivity index (χ2n) is 6.22. The third kappa shape index (κ3) is 2.66. The summed E-state index contributed by atoms with van der Waals surface area (Å²) in [5, 5.41) is 6.95. The average molecular weight is 346 g/mol.